The van der Waals surface area contributed by atoms with Crippen molar-refractivity contribution in [1.82, 2.24) is 0 Å². The molecule has 0 atom stereocenters. The van der Waals surface area contributed by atoms with Gasteiger partial charge in [-0.3, -0.25) is 0 Å². The Morgan fingerprint density at radius 3 is 1.12 bits per heavy atom. The Labute approximate surface area is 316 Å². The van der Waals surface area contributed by atoms with Crippen molar-refractivity contribution in [2.24, 2.45) is 0 Å². The second kappa shape index (κ2) is 18.2. The number of hydrogen-bond acceptors (Lipinski definition) is 0. The molecule has 0 saturated heterocycles. The van der Waals surface area contributed by atoms with Crippen LogP contribution >= 0.6 is 17.0 Å². The van der Waals surface area contributed by atoms with Gasteiger partial charge in [0.25, 0.3) is 0 Å². The topological polar surface area (TPSA) is 0 Å². The Bertz CT molecular complexity index is 1760. The fourth-order valence-electron chi connectivity index (χ4n) is 6.22. The van der Waals surface area contributed by atoms with E-state index in [4.69, 9.17) is 17.0 Å². The monoisotopic (exact) mass is 767 g/mol. The van der Waals surface area contributed by atoms with E-state index in [1.807, 2.05) is 0 Å². The van der Waals surface area contributed by atoms with E-state index in [2.05, 4.69) is 173 Å². The molecule has 0 radical (unpaired) electrons. The molecule has 0 saturated carbocycles. The molecule has 0 aliphatic heterocycles. The third-order valence-electron chi connectivity index (χ3n) is 9.27. The second-order valence-electron chi connectivity index (χ2n) is 14.7. The second-order valence-corrected chi connectivity index (χ2v) is 18.4. The van der Waals surface area contributed by atoms with Gasteiger partial charge in [-0.2, -0.15) is 19.1 Å². The van der Waals surface area contributed by atoms with E-state index in [1.165, 1.54) is 77.2 Å². The third-order valence-corrected chi connectivity index (χ3v) is 9.27. The zero-order valence-electron chi connectivity index (χ0n) is 31.6. The number of rotatable bonds is 4. The van der Waals surface area contributed by atoms with E-state index in [9.17, 15) is 0 Å². The van der Waals surface area contributed by atoms with Crippen molar-refractivity contribution in [3.63, 3.8) is 0 Å². The first-order valence-electron chi connectivity index (χ1n) is 17.5. The first-order chi connectivity index (χ1) is 23.2. The predicted octanol–water partition coefficient (Wildman–Crippen LogP) is 15.0. The van der Waals surface area contributed by atoms with Crippen LogP contribution in [-0.2, 0) is 44.5 Å². The summed E-state index contributed by atoms with van der Waals surface area (Å²) >= 11 is -0.826. The molecule has 6 rings (SSSR count). The van der Waals surface area contributed by atoms with Gasteiger partial charge in [0.1, 0.15) is 0 Å². The van der Waals surface area contributed by atoms with E-state index in [-0.39, 0.29) is 10.8 Å². The quantitative estimate of drug-likeness (QED) is 0.157. The molecule has 0 N–H and O–H groups in total. The summed E-state index contributed by atoms with van der Waals surface area (Å²) in [5.74, 6) is 0. The van der Waals surface area contributed by atoms with Crippen LogP contribution in [0.25, 0.3) is 43.8 Å². The third kappa shape index (κ3) is 10.3. The average molecular weight is 770 g/mol. The molecular formula is C46H55Cl2Zr-3. The maximum absolute atomic E-state index is 4.93. The van der Waals surface area contributed by atoms with E-state index in [1.54, 1.807) is 6.92 Å². The van der Waals surface area contributed by atoms with Crippen molar-refractivity contribution in [2.45, 2.75) is 99.8 Å². The Balaban J connectivity index is 0.000000235. The maximum atomic E-state index is 4.93. The minimum atomic E-state index is -0.826. The van der Waals surface area contributed by atoms with Crippen molar-refractivity contribution in [3.8, 4) is 22.3 Å². The summed E-state index contributed by atoms with van der Waals surface area (Å²) in [6.07, 6.45) is 2.19. The van der Waals surface area contributed by atoms with Gasteiger partial charge in [0, 0.05) is 0 Å². The molecule has 0 bridgehead atoms. The SMILES string of the molecule is CCc1cc2c(-c3ccc(C(C)(C)C)cc3)ccc(C)c2[cH-]1.CCc1cc2c(-c3ccc(C(C)(C)C)cc3)ccc(C)c2[cH-]1.[CH2-]C.[Cl][Zr][Cl]. The molecule has 0 heterocycles. The van der Waals surface area contributed by atoms with E-state index in [0.29, 0.717) is 0 Å². The summed E-state index contributed by atoms with van der Waals surface area (Å²) in [6, 6.07) is 36.6. The van der Waals surface area contributed by atoms with Crippen molar-refractivity contribution in [1.29, 1.82) is 0 Å². The summed E-state index contributed by atoms with van der Waals surface area (Å²) in [7, 11) is 9.87. The van der Waals surface area contributed by atoms with E-state index in [0.717, 1.165) is 12.8 Å². The molecule has 0 amide bonds. The first kappa shape index (κ1) is 41.0. The Morgan fingerprint density at radius 1 is 0.551 bits per heavy atom. The van der Waals surface area contributed by atoms with Crippen molar-refractivity contribution in [2.75, 3.05) is 0 Å². The molecule has 0 fully saturated rings. The standard InChI is InChI=1S/2C22H25.C2H5.2ClH.Zr/c2*1-6-16-13-20-15(2)7-12-19(21(20)14-16)17-8-10-18(11-9-17)22(3,4)5;1-2;;;/h2*7-14H,6H2,1-5H3;1H2,2H3;2*1H;/q3*-1;;;+2/p-2. The number of benzene rings is 4. The van der Waals surface area contributed by atoms with Crippen LogP contribution in [0, 0.1) is 20.8 Å². The van der Waals surface area contributed by atoms with E-state index < -0.39 is 20.8 Å². The van der Waals surface area contributed by atoms with Gasteiger partial charge in [-0.15, -0.1) is 68.1 Å². The van der Waals surface area contributed by atoms with Gasteiger partial charge in [-0.05, 0) is 45.9 Å². The Kier molecular flexibility index (Phi) is 15.2. The van der Waals surface area contributed by atoms with Gasteiger partial charge in [0.05, 0.1) is 0 Å². The minimum absolute atomic E-state index is 0.205. The van der Waals surface area contributed by atoms with Crippen LogP contribution in [0.3, 0.4) is 0 Å². The zero-order valence-corrected chi connectivity index (χ0v) is 35.6. The molecule has 6 aromatic rings. The number of aryl methyl sites for hydroxylation is 4. The summed E-state index contributed by atoms with van der Waals surface area (Å²) < 4.78 is 0. The fourth-order valence-corrected chi connectivity index (χ4v) is 6.22. The molecule has 0 unspecified atom stereocenters. The van der Waals surface area contributed by atoms with Crippen molar-refractivity contribution in [3.05, 3.63) is 137 Å². The summed E-state index contributed by atoms with van der Waals surface area (Å²) in [6.45, 7) is 27.4. The Morgan fingerprint density at radius 2 is 0.857 bits per heavy atom. The van der Waals surface area contributed by atoms with Gasteiger partial charge in [0.2, 0.25) is 0 Å². The molecule has 0 spiro atoms. The molecule has 49 heavy (non-hydrogen) atoms. The summed E-state index contributed by atoms with van der Waals surface area (Å²) in [4.78, 5) is 0. The molecule has 0 nitrogen and oxygen atoms in total. The van der Waals surface area contributed by atoms with Gasteiger partial charge in [-0.25, -0.2) is 0 Å². The Hall–Kier alpha value is -2.44. The van der Waals surface area contributed by atoms with Crippen LogP contribution in [0.4, 0.5) is 0 Å². The van der Waals surface area contributed by atoms with Crippen molar-refractivity contribution >= 4 is 38.6 Å². The first-order valence-corrected chi connectivity index (χ1v) is 23.8. The van der Waals surface area contributed by atoms with Crippen LogP contribution in [0.2, 0.25) is 0 Å². The molecule has 260 valence electrons. The van der Waals surface area contributed by atoms with Crippen molar-refractivity contribution < 1.29 is 20.8 Å². The van der Waals surface area contributed by atoms with Crippen LogP contribution in [0.5, 0.6) is 0 Å². The number of halogens is 2. The molecular weight excluding hydrogens is 715 g/mol. The molecule has 0 aromatic heterocycles. The van der Waals surface area contributed by atoms with Gasteiger partial charge < -0.3 is 6.92 Å². The predicted molar refractivity (Wildman–Crippen MR) is 218 cm³/mol. The van der Waals surface area contributed by atoms with Crippen LogP contribution in [0.1, 0.15) is 95.7 Å². The van der Waals surface area contributed by atoms with Crippen LogP contribution in [0.15, 0.2) is 97.1 Å². The van der Waals surface area contributed by atoms with Gasteiger partial charge in [-0.1, -0.05) is 141 Å². The number of hydrogen-bond donors (Lipinski definition) is 0. The molecule has 0 aliphatic carbocycles. The van der Waals surface area contributed by atoms with Gasteiger partial charge in [0.15, 0.2) is 0 Å². The molecule has 6 aromatic carbocycles. The molecule has 0 aliphatic rings. The molecule has 3 heteroatoms. The average Bonchev–Trinajstić information content (AvgIpc) is 3.73. The van der Waals surface area contributed by atoms with Crippen LogP contribution < -0.4 is 0 Å². The van der Waals surface area contributed by atoms with Gasteiger partial charge >= 0.3 is 37.9 Å². The normalized spacial score (nSPS) is 11.2. The summed E-state index contributed by atoms with van der Waals surface area (Å²) in [5.41, 5.74) is 14.1. The number of fused-ring (bicyclic) bond motifs is 2. The zero-order chi connectivity index (χ0) is 36.5. The van der Waals surface area contributed by atoms with E-state index >= 15 is 0 Å². The fraction of sp³-hybridized carbons (Fsp3) is 0.326. The summed E-state index contributed by atoms with van der Waals surface area (Å²) in [5, 5.41) is 5.57. The van der Waals surface area contributed by atoms with Crippen LogP contribution in [-0.4, -0.2) is 0 Å².